The number of amides is 1. The van der Waals surface area contributed by atoms with Gasteiger partial charge in [-0.3, -0.25) is 9.78 Å². The van der Waals surface area contributed by atoms with E-state index in [-0.39, 0.29) is 5.92 Å². The Morgan fingerprint density at radius 1 is 1.00 bits per heavy atom. The van der Waals surface area contributed by atoms with E-state index in [0.29, 0.717) is 11.8 Å². The highest BCUT2D eigenvalue weighted by molar-refractivity contribution is 5.79. The van der Waals surface area contributed by atoms with Crippen LogP contribution < -0.4 is 4.90 Å². The lowest BCUT2D eigenvalue weighted by Gasteiger charge is -2.34. The number of aryl methyl sites for hydroxylation is 1. The molecule has 5 heteroatoms. The van der Waals surface area contributed by atoms with E-state index in [1.165, 1.54) is 30.6 Å². The molecule has 2 aliphatic heterocycles. The fraction of sp³-hybridized carbons (Fsp3) is 0.727. The van der Waals surface area contributed by atoms with Crippen molar-refractivity contribution < 1.29 is 4.79 Å². The van der Waals surface area contributed by atoms with Crippen LogP contribution in [0.15, 0.2) is 12.1 Å². The molecule has 1 aliphatic carbocycles. The Hall–Kier alpha value is -1.62. The van der Waals surface area contributed by atoms with Gasteiger partial charge in [0.1, 0.15) is 0 Å². The van der Waals surface area contributed by atoms with Crippen LogP contribution in [-0.4, -0.2) is 67.0 Å². The van der Waals surface area contributed by atoms with Gasteiger partial charge in [-0.15, -0.1) is 0 Å². The molecule has 1 saturated carbocycles. The first-order valence-corrected chi connectivity index (χ1v) is 10.8. The van der Waals surface area contributed by atoms with Crippen molar-refractivity contribution in [3.63, 3.8) is 0 Å². The number of likely N-dealkylation sites (tertiary alicyclic amines) is 1. The number of rotatable bonds is 3. The van der Waals surface area contributed by atoms with Crippen molar-refractivity contribution >= 4 is 11.6 Å². The number of hydrogen-bond acceptors (Lipinski definition) is 4. The van der Waals surface area contributed by atoms with Gasteiger partial charge >= 0.3 is 0 Å². The van der Waals surface area contributed by atoms with Gasteiger partial charge in [-0.05, 0) is 45.4 Å². The molecule has 5 nitrogen and oxygen atoms in total. The molecule has 27 heavy (non-hydrogen) atoms. The number of carbonyl (C=O) groups is 1. The van der Waals surface area contributed by atoms with Gasteiger partial charge < -0.3 is 14.7 Å². The summed E-state index contributed by atoms with van der Waals surface area (Å²) in [6.45, 7) is 8.25. The maximum Gasteiger partial charge on any atom is 0.225 e. The predicted molar refractivity (Wildman–Crippen MR) is 109 cm³/mol. The van der Waals surface area contributed by atoms with Crippen LogP contribution in [0.25, 0.3) is 0 Å². The second kappa shape index (κ2) is 8.17. The molecule has 3 aliphatic rings. The van der Waals surface area contributed by atoms with Gasteiger partial charge in [0.2, 0.25) is 5.91 Å². The van der Waals surface area contributed by atoms with Crippen LogP contribution in [0.4, 0.5) is 5.69 Å². The summed E-state index contributed by atoms with van der Waals surface area (Å²) < 4.78 is 0. The van der Waals surface area contributed by atoms with Crippen molar-refractivity contribution in [3.05, 3.63) is 23.5 Å². The first kappa shape index (κ1) is 18.7. The Labute approximate surface area is 163 Å². The molecule has 1 aromatic rings. The highest BCUT2D eigenvalue weighted by Crippen LogP contribution is 2.32. The minimum absolute atomic E-state index is 0.281. The van der Waals surface area contributed by atoms with Crippen LogP contribution in [0.1, 0.15) is 55.8 Å². The summed E-state index contributed by atoms with van der Waals surface area (Å²) in [5, 5.41) is 0. The summed E-state index contributed by atoms with van der Waals surface area (Å²) in [5.41, 5.74) is 3.59. The molecule has 1 aromatic heterocycles. The van der Waals surface area contributed by atoms with E-state index in [2.05, 4.69) is 40.8 Å². The minimum Gasteiger partial charge on any atom is -0.369 e. The van der Waals surface area contributed by atoms with Crippen LogP contribution in [0.2, 0.25) is 0 Å². The van der Waals surface area contributed by atoms with E-state index >= 15 is 0 Å². The first-order chi connectivity index (χ1) is 13.1. The number of anilines is 1. The van der Waals surface area contributed by atoms with Gasteiger partial charge in [0.15, 0.2) is 0 Å². The summed E-state index contributed by atoms with van der Waals surface area (Å²) in [4.78, 5) is 24.7. The number of likely N-dealkylation sites (N-methyl/N-ethyl adjacent to an activating group) is 1. The summed E-state index contributed by atoms with van der Waals surface area (Å²) in [7, 11) is 2.19. The van der Waals surface area contributed by atoms with Crippen molar-refractivity contribution in [1.29, 1.82) is 0 Å². The van der Waals surface area contributed by atoms with E-state index < -0.39 is 0 Å². The molecule has 0 N–H and O–H groups in total. The van der Waals surface area contributed by atoms with Gasteiger partial charge in [0.25, 0.3) is 0 Å². The summed E-state index contributed by atoms with van der Waals surface area (Å²) >= 11 is 0. The minimum atomic E-state index is 0.281. The number of nitrogens with zero attached hydrogens (tertiary/aromatic N) is 4. The molecule has 148 valence electrons. The molecule has 0 aromatic carbocycles. The molecular formula is C22H34N4O. The number of carbonyl (C=O) groups excluding carboxylic acids is 1. The molecule has 0 bridgehead atoms. The van der Waals surface area contributed by atoms with Gasteiger partial charge in [-0.2, -0.15) is 0 Å². The topological polar surface area (TPSA) is 39.7 Å². The Balaban J connectivity index is 1.43. The second-order valence-corrected chi connectivity index (χ2v) is 8.79. The molecule has 3 fully saturated rings. The highest BCUT2D eigenvalue weighted by Gasteiger charge is 2.33. The second-order valence-electron chi connectivity index (χ2n) is 8.79. The fourth-order valence-corrected chi connectivity index (χ4v) is 4.94. The lowest BCUT2D eigenvalue weighted by atomic mass is 9.88. The summed E-state index contributed by atoms with van der Waals surface area (Å²) in [6, 6.07) is 4.51. The molecule has 1 amide bonds. The standard InChI is InChI=1S/C22H34N4O/c1-17-14-20(25-12-10-24(2)11-13-25)15-21(23-17)19-8-9-26(16-19)22(27)18-6-4-3-5-7-18/h14-15,18-19H,3-13,16H2,1-2H3/t19-/m1/s1. The maximum absolute atomic E-state index is 12.9. The molecule has 0 spiro atoms. The molecule has 1 atom stereocenters. The van der Waals surface area contributed by atoms with E-state index in [1.54, 1.807) is 0 Å². The van der Waals surface area contributed by atoms with Crippen molar-refractivity contribution in [3.8, 4) is 0 Å². The molecule has 0 unspecified atom stereocenters. The average Bonchev–Trinajstić information content (AvgIpc) is 3.18. The van der Waals surface area contributed by atoms with Crippen molar-refractivity contribution in [1.82, 2.24) is 14.8 Å². The molecule has 4 rings (SSSR count). The number of piperazine rings is 1. The fourth-order valence-electron chi connectivity index (χ4n) is 4.94. The van der Waals surface area contributed by atoms with Crippen molar-refractivity contribution in [2.45, 2.75) is 51.4 Å². The Kier molecular flexibility index (Phi) is 5.67. The van der Waals surface area contributed by atoms with Gasteiger partial charge in [-0.1, -0.05) is 19.3 Å². The van der Waals surface area contributed by atoms with Crippen LogP contribution in [0.3, 0.4) is 0 Å². The first-order valence-electron chi connectivity index (χ1n) is 10.8. The monoisotopic (exact) mass is 370 g/mol. The van der Waals surface area contributed by atoms with Crippen LogP contribution in [0.5, 0.6) is 0 Å². The largest absolute Gasteiger partial charge is 0.369 e. The molecular weight excluding hydrogens is 336 g/mol. The van der Waals surface area contributed by atoms with E-state index in [9.17, 15) is 4.79 Å². The zero-order valence-electron chi connectivity index (χ0n) is 17.0. The SMILES string of the molecule is Cc1cc(N2CCN(C)CC2)cc([C@@H]2CCN(C(=O)C3CCCCC3)C2)n1. The maximum atomic E-state index is 12.9. The normalized spacial score (nSPS) is 25.2. The zero-order valence-corrected chi connectivity index (χ0v) is 17.0. The third-order valence-electron chi connectivity index (χ3n) is 6.70. The Morgan fingerprint density at radius 2 is 1.74 bits per heavy atom. The van der Waals surface area contributed by atoms with Gasteiger partial charge in [-0.25, -0.2) is 0 Å². The summed E-state index contributed by atoms with van der Waals surface area (Å²) in [5.74, 6) is 1.08. The molecule has 2 saturated heterocycles. The van der Waals surface area contributed by atoms with Gasteiger partial charge in [0.05, 0.1) is 0 Å². The van der Waals surface area contributed by atoms with Gasteiger partial charge in [0, 0.05) is 68.2 Å². The van der Waals surface area contributed by atoms with E-state index in [0.717, 1.165) is 64.2 Å². The van der Waals surface area contributed by atoms with Crippen molar-refractivity contribution in [2.24, 2.45) is 5.92 Å². The predicted octanol–water partition coefficient (Wildman–Crippen LogP) is 3.04. The highest BCUT2D eigenvalue weighted by atomic mass is 16.2. The third kappa shape index (κ3) is 4.29. The molecule has 0 radical (unpaired) electrons. The molecule has 3 heterocycles. The van der Waals surface area contributed by atoms with Crippen LogP contribution >= 0.6 is 0 Å². The van der Waals surface area contributed by atoms with Crippen molar-refractivity contribution in [2.75, 3.05) is 51.2 Å². The zero-order chi connectivity index (χ0) is 18.8. The number of hydrogen-bond donors (Lipinski definition) is 0. The number of pyridine rings is 1. The smallest absolute Gasteiger partial charge is 0.225 e. The third-order valence-corrected chi connectivity index (χ3v) is 6.70. The summed E-state index contributed by atoms with van der Waals surface area (Å²) in [6.07, 6.45) is 6.99. The quantitative estimate of drug-likeness (QED) is 0.820. The average molecular weight is 371 g/mol. The van der Waals surface area contributed by atoms with Crippen LogP contribution in [0, 0.1) is 12.8 Å². The Bertz CT molecular complexity index is 662. The lowest BCUT2D eigenvalue weighted by Crippen LogP contribution is -2.44. The van der Waals surface area contributed by atoms with E-state index in [4.69, 9.17) is 4.98 Å². The van der Waals surface area contributed by atoms with Crippen LogP contribution in [-0.2, 0) is 4.79 Å². The van der Waals surface area contributed by atoms with E-state index in [1.807, 2.05) is 0 Å². The lowest BCUT2D eigenvalue weighted by molar-refractivity contribution is -0.135. The Morgan fingerprint density at radius 3 is 2.48 bits per heavy atom. The number of aromatic nitrogens is 1.